The normalized spacial score (nSPS) is 21.1. The van der Waals surface area contributed by atoms with E-state index in [4.69, 9.17) is 9.47 Å². The lowest BCUT2D eigenvalue weighted by Crippen LogP contribution is -2.37. The number of urea groups is 1. The predicted molar refractivity (Wildman–Crippen MR) is 76.1 cm³/mol. The Labute approximate surface area is 120 Å². The van der Waals surface area contributed by atoms with Gasteiger partial charge in [0.2, 0.25) is 0 Å². The molecule has 1 aliphatic heterocycles. The molecule has 6 heteroatoms. The van der Waals surface area contributed by atoms with Crippen molar-refractivity contribution in [2.45, 2.75) is 25.7 Å². The summed E-state index contributed by atoms with van der Waals surface area (Å²) < 4.78 is 11.9. The Morgan fingerprint density at radius 1 is 1.47 bits per heavy atom. The van der Waals surface area contributed by atoms with Crippen molar-refractivity contribution in [1.82, 2.24) is 5.32 Å². The topological polar surface area (TPSA) is 59.6 Å². The summed E-state index contributed by atoms with van der Waals surface area (Å²) in [5.41, 5.74) is 0.726. The molecule has 0 aliphatic carbocycles. The Morgan fingerprint density at radius 3 is 2.84 bits per heavy atom. The van der Waals surface area contributed by atoms with Crippen molar-refractivity contribution in [2.24, 2.45) is 0 Å². The van der Waals surface area contributed by atoms with E-state index in [2.05, 4.69) is 26.6 Å². The van der Waals surface area contributed by atoms with Gasteiger partial charge in [-0.2, -0.15) is 0 Å². The molecule has 2 amide bonds. The number of para-hydroxylation sites is 1. The van der Waals surface area contributed by atoms with Crippen LogP contribution in [0.2, 0.25) is 0 Å². The average molecular weight is 329 g/mol. The van der Waals surface area contributed by atoms with Gasteiger partial charge in [0.05, 0.1) is 12.3 Å². The number of nitrogens with one attached hydrogen (secondary N) is 2. The highest BCUT2D eigenvalue weighted by Gasteiger charge is 2.32. The Morgan fingerprint density at radius 2 is 2.21 bits per heavy atom. The standard InChI is InChI=1S/C13H17BrN2O3/c1-13(2)18-8-9(19-13)7-15-12(17)16-11-6-4-3-5-10(11)14/h3-6,9H,7-8H2,1-2H3,(H2,15,16,17). The first-order valence-corrected chi connectivity index (χ1v) is 6.87. The van der Waals surface area contributed by atoms with Gasteiger partial charge in [0.25, 0.3) is 0 Å². The maximum atomic E-state index is 11.7. The zero-order chi connectivity index (χ0) is 13.9. The van der Waals surface area contributed by atoms with Gasteiger partial charge in [-0.25, -0.2) is 4.79 Å². The van der Waals surface area contributed by atoms with Gasteiger partial charge in [0, 0.05) is 11.0 Å². The van der Waals surface area contributed by atoms with Crippen molar-refractivity contribution in [3.63, 3.8) is 0 Å². The van der Waals surface area contributed by atoms with Gasteiger partial charge < -0.3 is 20.1 Å². The number of hydrogen-bond acceptors (Lipinski definition) is 3. The van der Waals surface area contributed by atoms with E-state index in [1.165, 1.54) is 0 Å². The first-order valence-electron chi connectivity index (χ1n) is 6.07. The van der Waals surface area contributed by atoms with E-state index in [9.17, 15) is 4.79 Å². The van der Waals surface area contributed by atoms with Crippen molar-refractivity contribution in [3.8, 4) is 0 Å². The Bertz CT molecular complexity index is 465. The van der Waals surface area contributed by atoms with Crippen molar-refractivity contribution >= 4 is 27.6 Å². The number of halogens is 1. The average Bonchev–Trinajstić information content (AvgIpc) is 2.69. The molecule has 0 bridgehead atoms. The zero-order valence-electron chi connectivity index (χ0n) is 10.9. The summed E-state index contributed by atoms with van der Waals surface area (Å²) in [4.78, 5) is 11.7. The van der Waals surface area contributed by atoms with Crippen LogP contribution >= 0.6 is 15.9 Å². The number of ether oxygens (including phenoxy) is 2. The molecule has 104 valence electrons. The van der Waals surface area contributed by atoms with Gasteiger partial charge in [0.15, 0.2) is 5.79 Å². The van der Waals surface area contributed by atoms with Crippen molar-refractivity contribution in [3.05, 3.63) is 28.7 Å². The lowest BCUT2D eigenvalue weighted by atomic mass is 10.3. The summed E-state index contributed by atoms with van der Waals surface area (Å²) in [6.07, 6.45) is -0.111. The maximum Gasteiger partial charge on any atom is 0.319 e. The van der Waals surface area contributed by atoms with Crippen molar-refractivity contribution < 1.29 is 14.3 Å². The summed E-state index contributed by atoms with van der Waals surface area (Å²) >= 11 is 3.37. The monoisotopic (exact) mass is 328 g/mol. The molecule has 1 aromatic rings. The third-order valence-corrected chi connectivity index (χ3v) is 3.37. The first kappa shape index (κ1) is 14.3. The second-order valence-electron chi connectivity index (χ2n) is 4.77. The van der Waals surface area contributed by atoms with Gasteiger partial charge in [0.1, 0.15) is 6.10 Å². The second kappa shape index (κ2) is 5.90. The lowest BCUT2D eigenvalue weighted by Gasteiger charge is -2.17. The van der Waals surface area contributed by atoms with Gasteiger partial charge >= 0.3 is 6.03 Å². The van der Waals surface area contributed by atoms with Crippen LogP contribution in [0.1, 0.15) is 13.8 Å². The van der Waals surface area contributed by atoms with Crippen LogP contribution in [0.4, 0.5) is 10.5 Å². The van der Waals surface area contributed by atoms with E-state index < -0.39 is 5.79 Å². The molecule has 1 atom stereocenters. The minimum absolute atomic E-state index is 0.111. The number of amides is 2. The van der Waals surface area contributed by atoms with Crippen molar-refractivity contribution in [1.29, 1.82) is 0 Å². The fourth-order valence-corrected chi connectivity index (χ4v) is 2.18. The van der Waals surface area contributed by atoms with Crippen LogP contribution in [0.25, 0.3) is 0 Å². The van der Waals surface area contributed by atoms with Crippen LogP contribution in [-0.2, 0) is 9.47 Å². The number of carbonyl (C=O) groups excluding carboxylic acids is 1. The number of rotatable bonds is 3. The Balaban J connectivity index is 1.78. The molecule has 1 unspecified atom stereocenters. The molecule has 1 fully saturated rings. The highest BCUT2D eigenvalue weighted by atomic mass is 79.9. The van der Waals surface area contributed by atoms with Gasteiger partial charge in [-0.1, -0.05) is 12.1 Å². The predicted octanol–water partition coefficient (Wildman–Crippen LogP) is 2.72. The first-order chi connectivity index (χ1) is 8.96. The Hall–Kier alpha value is -1.11. The van der Waals surface area contributed by atoms with Crippen LogP contribution in [0.15, 0.2) is 28.7 Å². The van der Waals surface area contributed by atoms with E-state index in [0.717, 1.165) is 10.2 Å². The van der Waals surface area contributed by atoms with Crippen LogP contribution in [0.5, 0.6) is 0 Å². The fraction of sp³-hybridized carbons (Fsp3) is 0.462. The van der Waals surface area contributed by atoms with Gasteiger partial charge in [-0.05, 0) is 41.9 Å². The largest absolute Gasteiger partial charge is 0.348 e. The molecule has 0 radical (unpaired) electrons. The molecule has 0 aromatic heterocycles. The van der Waals surface area contributed by atoms with E-state index in [0.29, 0.717) is 13.2 Å². The van der Waals surface area contributed by atoms with E-state index in [-0.39, 0.29) is 12.1 Å². The Kier molecular flexibility index (Phi) is 4.44. The maximum absolute atomic E-state index is 11.7. The minimum Gasteiger partial charge on any atom is -0.348 e. The molecule has 5 nitrogen and oxygen atoms in total. The third-order valence-electron chi connectivity index (χ3n) is 2.68. The number of carbonyl (C=O) groups is 1. The minimum atomic E-state index is -0.564. The van der Waals surface area contributed by atoms with Gasteiger partial charge in [-0.15, -0.1) is 0 Å². The van der Waals surface area contributed by atoms with Crippen LogP contribution < -0.4 is 10.6 Å². The SMILES string of the molecule is CC1(C)OCC(CNC(=O)Nc2ccccc2Br)O1. The third kappa shape index (κ3) is 4.19. The van der Waals surface area contributed by atoms with Crippen molar-refractivity contribution in [2.75, 3.05) is 18.5 Å². The van der Waals surface area contributed by atoms with E-state index in [1.54, 1.807) is 0 Å². The van der Waals surface area contributed by atoms with Crippen LogP contribution in [0, 0.1) is 0 Å². The summed E-state index contributed by atoms with van der Waals surface area (Å²) in [7, 11) is 0. The molecular weight excluding hydrogens is 312 g/mol. The molecule has 1 aromatic carbocycles. The highest BCUT2D eigenvalue weighted by molar-refractivity contribution is 9.10. The summed E-state index contributed by atoms with van der Waals surface area (Å²) in [6.45, 7) is 4.62. The molecule has 1 heterocycles. The summed E-state index contributed by atoms with van der Waals surface area (Å²) in [5.74, 6) is -0.564. The van der Waals surface area contributed by atoms with E-state index >= 15 is 0 Å². The smallest absolute Gasteiger partial charge is 0.319 e. The van der Waals surface area contributed by atoms with Gasteiger partial charge in [-0.3, -0.25) is 0 Å². The van der Waals surface area contributed by atoms with Crippen LogP contribution in [0.3, 0.4) is 0 Å². The summed E-state index contributed by atoms with van der Waals surface area (Å²) in [5, 5.41) is 5.52. The quantitative estimate of drug-likeness (QED) is 0.896. The van der Waals surface area contributed by atoms with E-state index in [1.807, 2.05) is 38.1 Å². The second-order valence-corrected chi connectivity index (χ2v) is 5.62. The summed E-state index contributed by atoms with van der Waals surface area (Å²) in [6, 6.07) is 7.17. The number of hydrogen-bond donors (Lipinski definition) is 2. The molecule has 19 heavy (non-hydrogen) atoms. The molecule has 1 saturated heterocycles. The molecule has 0 saturated carbocycles. The zero-order valence-corrected chi connectivity index (χ0v) is 12.5. The fourth-order valence-electron chi connectivity index (χ4n) is 1.80. The molecule has 2 rings (SSSR count). The molecular formula is C13H17BrN2O3. The number of anilines is 1. The molecule has 0 spiro atoms. The molecule has 2 N–H and O–H groups in total. The number of benzene rings is 1. The molecule has 1 aliphatic rings. The van der Waals surface area contributed by atoms with Crippen LogP contribution in [-0.4, -0.2) is 31.1 Å². The highest BCUT2D eigenvalue weighted by Crippen LogP contribution is 2.22. The lowest BCUT2D eigenvalue weighted by molar-refractivity contribution is -0.137.